The molecule has 0 aliphatic heterocycles. The maximum absolute atomic E-state index is 10.4. The van der Waals surface area contributed by atoms with Crippen molar-refractivity contribution in [1.82, 2.24) is 4.98 Å². The van der Waals surface area contributed by atoms with Crippen LogP contribution in [0.4, 0.5) is 0 Å². The Labute approximate surface area is 127 Å². The average molecular weight is 283 g/mol. The van der Waals surface area contributed by atoms with Crippen LogP contribution in [0.15, 0.2) is 30.3 Å². The lowest BCUT2D eigenvalue weighted by molar-refractivity contribution is 0.0476. The summed E-state index contributed by atoms with van der Waals surface area (Å²) in [5.41, 5.74) is 3.49. The first kappa shape index (κ1) is 14.5. The molecule has 2 heteroatoms. The van der Waals surface area contributed by atoms with E-state index in [2.05, 4.69) is 43.1 Å². The van der Waals surface area contributed by atoms with E-state index in [1.54, 1.807) is 0 Å². The van der Waals surface area contributed by atoms with Gasteiger partial charge in [-0.05, 0) is 62.1 Å². The molecule has 3 rings (SSSR count). The van der Waals surface area contributed by atoms with E-state index in [1.807, 2.05) is 6.07 Å². The highest BCUT2D eigenvalue weighted by atomic mass is 16.3. The lowest BCUT2D eigenvalue weighted by atomic mass is 9.75. The van der Waals surface area contributed by atoms with Gasteiger partial charge < -0.3 is 5.11 Å². The van der Waals surface area contributed by atoms with Gasteiger partial charge in [0.2, 0.25) is 0 Å². The SMILES string of the molecule is CCC1CCC(O)C(Cc2cc(C)nc3ccccc23)C1. The first-order valence-corrected chi connectivity index (χ1v) is 8.20. The lowest BCUT2D eigenvalue weighted by Crippen LogP contribution is -2.30. The third kappa shape index (κ3) is 3.11. The standard InChI is InChI=1S/C19H25NO/c1-3-14-8-9-19(21)16(11-14)12-15-10-13(2)20-18-7-5-4-6-17(15)18/h4-7,10,14,16,19,21H,3,8-9,11-12H2,1-2H3. The largest absolute Gasteiger partial charge is 0.393 e. The summed E-state index contributed by atoms with van der Waals surface area (Å²) in [4.78, 5) is 4.62. The van der Waals surface area contributed by atoms with Gasteiger partial charge in [-0.25, -0.2) is 0 Å². The number of rotatable bonds is 3. The van der Waals surface area contributed by atoms with Gasteiger partial charge >= 0.3 is 0 Å². The molecule has 1 saturated carbocycles. The summed E-state index contributed by atoms with van der Waals surface area (Å²) in [7, 11) is 0. The van der Waals surface area contributed by atoms with Crippen LogP contribution >= 0.6 is 0 Å². The van der Waals surface area contributed by atoms with E-state index in [0.29, 0.717) is 5.92 Å². The normalized spacial score (nSPS) is 26.1. The van der Waals surface area contributed by atoms with Crippen LogP contribution in [-0.2, 0) is 6.42 Å². The molecule has 1 aliphatic carbocycles. The summed E-state index contributed by atoms with van der Waals surface area (Å²) < 4.78 is 0. The third-order valence-electron chi connectivity index (χ3n) is 5.04. The van der Waals surface area contributed by atoms with E-state index in [-0.39, 0.29) is 6.10 Å². The fourth-order valence-corrected chi connectivity index (χ4v) is 3.78. The molecule has 1 heterocycles. The number of para-hydroxylation sites is 1. The minimum absolute atomic E-state index is 0.139. The van der Waals surface area contributed by atoms with Crippen LogP contribution in [0.2, 0.25) is 0 Å². The van der Waals surface area contributed by atoms with Crippen LogP contribution in [-0.4, -0.2) is 16.2 Å². The van der Waals surface area contributed by atoms with Crippen molar-refractivity contribution in [2.75, 3.05) is 0 Å². The molecule has 3 unspecified atom stereocenters. The fraction of sp³-hybridized carbons (Fsp3) is 0.526. The predicted molar refractivity (Wildman–Crippen MR) is 87.3 cm³/mol. The zero-order chi connectivity index (χ0) is 14.8. The summed E-state index contributed by atoms with van der Waals surface area (Å²) in [5, 5.41) is 11.6. The molecule has 21 heavy (non-hydrogen) atoms. The zero-order valence-corrected chi connectivity index (χ0v) is 13.0. The molecular weight excluding hydrogens is 258 g/mol. The van der Waals surface area contributed by atoms with Crippen LogP contribution in [0, 0.1) is 18.8 Å². The van der Waals surface area contributed by atoms with Crippen molar-refractivity contribution in [1.29, 1.82) is 0 Å². The number of hydrogen-bond acceptors (Lipinski definition) is 2. The number of aryl methyl sites for hydroxylation is 1. The first-order chi connectivity index (χ1) is 10.2. The molecule has 112 valence electrons. The molecule has 1 aromatic carbocycles. The van der Waals surface area contributed by atoms with Gasteiger partial charge in [-0.3, -0.25) is 4.98 Å². The number of aliphatic hydroxyl groups is 1. The van der Waals surface area contributed by atoms with Crippen molar-refractivity contribution in [2.24, 2.45) is 11.8 Å². The molecule has 0 spiro atoms. The number of fused-ring (bicyclic) bond motifs is 1. The molecule has 1 aliphatic rings. The predicted octanol–water partition coefficient (Wildman–Crippen LogP) is 4.27. The summed E-state index contributed by atoms with van der Waals surface area (Å²) in [5.74, 6) is 1.18. The number of pyridine rings is 1. The molecule has 1 fully saturated rings. The lowest BCUT2D eigenvalue weighted by Gasteiger charge is -2.33. The highest BCUT2D eigenvalue weighted by Gasteiger charge is 2.28. The molecular formula is C19H25NO. The average Bonchev–Trinajstić information content (AvgIpc) is 2.49. The van der Waals surface area contributed by atoms with Crippen LogP contribution < -0.4 is 0 Å². The molecule has 0 bridgehead atoms. The Kier molecular flexibility index (Phi) is 4.25. The second-order valence-electron chi connectivity index (χ2n) is 6.56. The van der Waals surface area contributed by atoms with Gasteiger partial charge in [0.25, 0.3) is 0 Å². The minimum atomic E-state index is -0.139. The molecule has 0 saturated heterocycles. The zero-order valence-electron chi connectivity index (χ0n) is 13.0. The maximum Gasteiger partial charge on any atom is 0.0707 e. The Balaban J connectivity index is 1.90. The minimum Gasteiger partial charge on any atom is -0.393 e. The van der Waals surface area contributed by atoms with Crippen molar-refractivity contribution < 1.29 is 5.11 Å². The van der Waals surface area contributed by atoms with Crippen molar-refractivity contribution >= 4 is 10.9 Å². The summed E-state index contributed by atoms with van der Waals surface area (Å²) in [6, 6.07) is 10.6. The van der Waals surface area contributed by atoms with Crippen LogP contribution in [0.3, 0.4) is 0 Å². The van der Waals surface area contributed by atoms with Crippen LogP contribution in [0.5, 0.6) is 0 Å². The highest BCUT2D eigenvalue weighted by molar-refractivity contribution is 5.82. The van der Waals surface area contributed by atoms with Crippen molar-refractivity contribution in [2.45, 2.75) is 52.1 Å². The molecule has 0 amide bonds. The number of benzene rings is 1. The second kappa shape index (κ2) is 6.15. The Morgan fingerprint density at radius 3 is 2.86 bits per heavy atom. The molecule has 2 aromatic rings. The molecule has 2 nitrogen and oxygen atoms in total. The molecule has 3 atom stereocenters. The van der Waals surface area contributed by atoms with E-state index >= 15 is 0 Å². The van der Waals surface area contributed by atoms with Crippen LogP contribution in [0.25, 0.3) is 10.9 Å². The molecule has 1 N–H and O–H groups in total. The van der Waals surface area contributed by atoms with E-state index < -0.39 is 0 Å². The number of aliphatic hydroxyl groups excluding tert-OH is 1. The second-order valence-corrected chi connectivity index (χ2v) is 6.56. The van der Waals surface area contributed by atoms with Gasteiger partial charge in [0.15, 0.2) is 0 Å². The van der Waals surface area contributed by atoms with Crippen LogP contribution in [0.1, 0.15) is 43.9 Å². The fourth-order valence-electron chi connectivity index (χ4n) is 3.78. The number of hydrogen-bond donors (Lipinski definition) is 1. The van der Waals surface area contributed by atoms with E-state index in [1.165, 1.54) is 23.8 Å². The maximum atomic E-state index is 10.4. The number of nitrogens with zero attached hydrogens (tertiary/aromatic N) is 1. The van der Waals surface area contributed by atoms with Gasteiger partial charge in [-0.15, -0.1) is 0 Å². The Morgan fingerprint density at radius 2 is 2.05 bits per heavy atom. The van der Waals surface area contributed by atoms with Gasteiger partial charge in [0.05, 0.1) is 11.6 Å². The van der Waals surface area contributed by atoms with E-state index in [4.69, 9.17) is 0 Å². The van der Waals surface area contributed by atoms with Gasteiger partial charge in [0, 0.05) is 11.1 Å². The van der Waals surface area contributed by atoms with Crippen molar-refractivity contribution in [3.8, 4) is 0 Å². The number of aromatic nitrogens is 1. The summed E-state index contributed by atoms with van der Waals surface area (Å²) in [6.45, 7) is 4.33. The molecule has 1 aromatic heterocycles. The smallest absolute Gasteiger partial charge is 0.0707 e. The van der Waals surface area contributed by atoms with E-state index in [0.717, 1.165) is 36.4 Å². The van der Waals surface area contributed by atoms with Gasteiger partial charge in [-0.1, -0.05) is 31.5 Å². The topological polar surface area (TPSA) is 33.1 Å². The monoisotopic (exact) mass is 283 g/mol. The van der Waals surface area contributed by atoms with Gasteiger partial charge in [-0.2, -0.15) is 0 Å². The van der Waals surface area contributed by atoms with Gasteiger partial charge in [0.1, 0.15) is 0 Å². The summed E-state index contributed by atoms with van der Waals surface area (Å²) in [6.07, 6.45) is 5.38. The third-order valence-corrected chi connectivity index (χ3v) is 5.04. The Morgan fingerprint density at radius 1 is 1.24 bits per heavy atom. The first-order valence-electron chi connectivity index (χ1n) is 8.20. The summed E-state index contributed by atoms with van der Waals surface area (Å²) >= 11 is 0. The Bertz CT molecular complexity index is 622. The highest BCUT2D eigenvalue weighted by Crippen LogP contribution is 2.34. The van der Waals surface area contributed by atoms with Crippen molar-refractivity contribution in [3.63, 3.8) is 0 Å². The molecule has 0 radical (unpaired) electrons. The van der Waals surface area contributed by atoms with E-state index in [9.17, 15) is 5.11 Å². The Hall–Kier alpha value is -1.41. The quantitative estimate of drug-likeness (QED) is 0.912. The van der Waals surface area contributed by atoms with Crippen molar-refractivity contribution in [3.05, 3.63) is 41.6 Å².